The van der Waals surface area contributed by atoms with E-state index in [4.69, 9.17) is 5.11 Å². The highest BCUT2D eigenvalue weighted by Crippen LogP contribution is 2.14. The minimum atomic E-state index is -0.979. The number of hydrogen-bond acceptors (Lipinski definition) is 6. The third kappa shape index (κ3) is 2.15. The number of fused-ring (bicyclic) bond motifs is 1. The van der Waals surface area contributed by atoms with Crippen LogP contribution in [-0.4, -0.2) is 36.2 Å². The van der Waals surface area contributed by atoms with Crippen molar-refractivity contribution in [3.63, 3.8) is 0 Å². The van der Waals surface area contributed by atoms with E-state index in [0.717, 1.165) is 0 Å². The molecule has 0 spiro atoms. The van der Waals surface area contributed by atoms with Gasteiger partial charge >= 0.3 is 5.97 Å². The molecule has 0 aliphatic carbocycles. The van der Waals surface area contributed by atoms with E-state index in [0.29, 0.717) is 29.8 Å². The quantitative estimate of drug-likeness (QED) is 0.736. The first-order valence-electron chi connectivity index (χ1n) is 5.56. The summed E-state index contributed by atoms with van der Waals surface area (Å²) in [6, 6.07) is 4.69. The summed E-state index contributed by atoms with van der Waals surface area (Å²) in [5.41, 5.74) is 1.53. The van der Waals surface area contributed by atoms with Gasteiger partial charge in [0.2, 0.25) is 6.39 Å². The van der Waals surface area contributed by atoms with Gasteiger partial charge in [0.1, 0.15) is 5.52 Å². The standard InChI is InChI=1S/C11H9N5O3/c17-11(18)7-1-2-8-9(5-7)16(15-13-8)4-3-10-12-6-19-14-10/h1-2,5-6H,3-4H2,(H,17,18). The molecule has 0 saturated carbocycles. The Kier molecular flexibility index (Phi) is 2.67. The molecule has 0 aliphatic heterocycles. The van der Waals surface area contributed by atoms with Gasteiger partial charge in [-0.05, 0) is 18.2 Å². The zero-order valence-electron chi connectivity index (χ0n) is 9.72. The molecule has 3 aromatic rings. The lowest BCUT2D eigenvalue weighted by molar-refractivity contribution is 0.0697. The smallest absolute Gasteiger partial charge is 0.335 e. The van der Waals surface area contributed by atoms with Crippen LogP contribution in [0.3, 0.4) is 0 Å². The molecule has 1 N–H and O–H groups in total. The number of nitrogens with zero attached hydrogens (tertiary/aromatic N) is 5. The average molecular weight is 259 g/mol. The van der Waals surface area contributed by atoms with E-state index < -0.39 is 5.97 Å². The van der Waals surface area contributed by atoms with Crippen molar-refractivity contribution in [2.45, 2.75) is 13.0 Å². The number of aromatic nitrogens is 5. The molecular formula is C11H9N5O3. The Bertz CT molecular complexity index is 719. The van der Waals surface area contributed by atoms with E-state index in [1.54, 1.807) is 16.8 Å². The fourth-order valence-electron chi connectivity index (χ4n) is 1.77. The lowest BCUT2D eigenvalue weighted by Gasteiger charge is -2.00. The molecule has 8 heteroatoms. The van der Waals surface area contributed by atoms with E-state index in [1.807, 2.05) is 0 Å². The van der Waals surface area contributed by atoms with Crippen molar-refractivity contribution in [2.24, 2.45) is 0 Å². The minimum Gasteiger partial charge on any atom is -0.478 e. The number of rotatable bonds is 4. The van der Waals surface area contributed by atoms with Gasteiger partial charge in [-0.15, -0.1) is 5.10 Å². The van der Waals surface area contributed by atoms with E-state index in [-0.39, 0.29) is 5.56 Å². The highest BCUT2D eigenvalue weighted by atomic mass is 16.5. The summed E-state index contributed by atoms with van der Waals surface area (Å²) in [6.07, 6.45) is 1.80. The molecule has 3 rings (SSSR count). The molecule has 0 unspecified atom stereocenters. The summed E-state index contributed by atoms with van der Waals surface area (Å²) in [4.78, 5) is 14.8. The monoisotopic (exact) mass is 259 g/mol. The maximum atomic E-state index is 10.9. The number of benzene rings is 1. The number of aromatic carboxylic acids is 1. The summed E-state index contributed by atoms with van der Waals surface area (Å²) in [5.74, 6) is -0.411. The van der Waals surface area contributed by atoms with E-state index in [9.17, 15) is 4.79 Å². The third-order valence-electron chi connectivity index (χ3n) is 2.72. The first-order chi connectivity index (χ1) is 9.24. The molecule has 1 aromatic carbocycles. The van der Waals surface area contributed by atoms with Gasteiger partial charge < -0.3 is 9.63 Å². The van der Waals surface area contributed by atoms with Crippen LogP contribution in [0.5, 0.6) is 0 Å². The highest BCUT2D eigenvalue weighted by Gasteiger charge is 2.10. The Balaban J connectivity index is 1.90. The first-order valence-corrected chi connectivity index (χ1v) is 5.56. The molecular weight excluding hydrogens is 250 g/mol. The van der Waals surface area contributed by atoms with Crippen molar-refractivity contribution in [3.05, 3.63) is 36.0 Å². The molecule has 0 fully saturated rings. The summed E-state index contributed by atoms with van der Waals surface area (Å²) < 4.78 is 6.26. The van der Waals surface area contributed by atoms with Crippen LogP contribution in [-0.2, 0) is 13.0 Å². The summed E-state index contributed by atoms with van der Waals surface area (Å²) in [5, 5.41) is 20.6. The van der Waals surface area contributed by atoms with Gasteiger partial charge in [-0.2, -0.15) is 4.98 Å². The van der Waals surface area contributed by atoms with Gasteiger partial charge in [-0.1, -0.05) is 10.4 Å². The van der Waals surface area contributed by atoms with Crippen molar-refractivity contribution in [2.75, 3.05) is 0 Å². The van der Waals surface area contributed by atoms with Gasteiger partial charge in [0.25, 0.3) is 0 Å². The molecule has 96 valence electrons. The number of carbonyl (C=O) groups is 1. The van der Waals surface area contributed by atoms with Crippen LogP contribution in [0.15, 0.2) is 29.1 Å². The Morgan fingerprint density at radius 1 is 1.42 bits per heavy atom. The number of aryl methyl sites for hydroxylation is 2. The second-order valence-corrected chi connectivity index (χ2v) is 3.92. The molecule has 0 atom stereocenters. The topological polar surface area (TPSA) is 107 Å². The zero-order valence-corrected chi connectivity index (χ0v) is 9.72. The predicted molar refractivity (Wildman–Crippen MR) is 62.5 cm³/mol. The predicted octanol–water partition coefficient (Wildman–Crippen LogP) is 0.755. The average Bonchev–Trinajstić information content (AvgIpc) is 3.05. The van der Waals surface area contributed by atoms with Crippen LogP contribution in [0, 0.1) is 0 Å². The zero-order chi connectivity index (χ0) is 13.2. The van der Waals surface area contributed by atoms with Crippen molar-refractivity contribution < 1.29 is 14.4 Å². The summed E-state index contributed by atoms with van der Waals surface area (Å²) in [7, 11) is 0. The Labute approximate surface area is 106 Å². The molecule has 2 heterocycles. The second kappa shape index (κ2) is 4.48. The van der Waals surface area contributed by atoms with Crippen LogP contribution < -0.4 is 0 Å². The molecule has 0 saturated heterocycles. The molecule has 0 bridgehead atoms. The molecule has 8 nitrogen and oxygen atoms in total. The summed E-state index contributed by atoms with van der Waals surface area (Å²) >= 11 is 0. The molecule has 2 aromatic heterocycles. The Morgan fingerprint density at radius 3 is 3.05 bits per heavy atom. The normalized spacial score (nSPS) is 10.9. The third-order valence-corrected chi connectivity index (χ3v) is 2.72. The van der Waals surface area contributed by atoms with Crippen molar-refractivity contribution >= 4 is 17.0 Å². The van der Waals surface area contributed by atoms with Crippen LogP contribution in [0.2, 0.25) is 0 Å². The fourth-order valence-corrected chi connectivity index (χ4v) is 1.77. The minimum absolute atomic E-state index is 0.204. The molecule has 19 heavy (non-hydrogen) atoms. The number of carboxylic acids is 1. The van der Waals surface area contributed by atoms with Crippen LogP contribution in [0.1, 0.15) is 16.2 Å². The maximum Gasteiger partial charge on any atom is 0.335 e. The Hall–Kier alpha value is -2.77. The maximum absolute atomic E-state index is 10.9. The van der Waals surface area contributed by atoms with Crippen molar-refractivity contribution in [3.8, 4) is 0 Å². The second-order valence-electron chi connectivity index (χ2n) is 3.92. The van der Waals surface area contributed by atoms with Gasteiger partial charge in [0.15, 0.2) is 5.82 Å². The first kappa shape index (κ1) is 11.3. The van der Waals surface area contributed by atoms with E-state index >= 15 is 0 Å². The molecule has 0 aliphatic rings. The SMILES string of the molecule is O=C(O)c1ccc2nnn(CCc3ncon3)c2c1. The van der Waals surface area contributed by atoms with Crippen molar-refractivity contribution in [1.29, 1.82) is 0 Å². The van der Waals surface area contributed by atoms with Gasteiger partial charge in [-0.3, -0.25) is 0 Å². The largest absolute Gasteiger partial charge is 0.478 e. The Morgan fingerprint density at radius 2 is 2.32 bits per heavy atom. The molecule has 0 radical (unpaired) electrons. The van der Waals surface area contributed by atoms with Crippen LogP contribution in [0.25, 0.3) is 11.0 Å². The van der Waals surface area contributed by atoms with E-state index in [1.165, 1.54) is 12.5 Å². The highest BCUT2D eigenvalue weighted by molar-refractivity contribution is 5.92. The molecule has 0 amide bonds. The van der Waals surface area contributed by atoms with Gasteiger partial charge in [0.05, 0.1) is 17.6 Å². The van der Waals surface area contributed by atoms with Gasteiger partial charge in [-0.25, -0.2) is 9.48 Å². The number of carboxylic acid groups (broad SMARTS) is 1. The summed E-state index contributed by atoms with van der Waals surface area (Å²) in [6.45, 7) is 0.499. The van der Waals surface area contributed by atoms with E-state index in [2.05, 4.69) is 25.0 Å². The van der Waals surface area contributed by atoms with Crippen LogP contribution >= 0.6 is 0 Å². The lowest BCUT2D eigenvalue weighted by Crippen LogP contribution is -2.05. The lowest BCUT2D eigenvalue weighted by atomic mass is 10.2. The number of hydrogen-bond donors (Lipinski definition) is 1. The van der Waals surface area contributed by atoms with Gasteiger partial charge in [0, 0.05) is 6.42 Å². The fraction of sp³-hybridized carbons (Fsp3) is 0.182. The van der Waals surface area contributed by atoms with Crippen LogP contribution in [0.4, 0.5) is 0 Å². The van der Waals surface area contributed by atoms with Crippen molar-refractivity contribution in [1.82, 2.24) is 25.1 Å².